The van der Waals surface area contributed by atoms with Crippen LogP contribution in [0.1, 0.15) is 10.4 Å². The van der Waals surface area contributed by atoms with Crippen molar-refractivity contribution >= 4 is 21.7 Å². The fraction of sp³-hybridized carbons (Fsp3) is 0.0714. The van der Waals surface area contributed by atoms with Gasteiger partial charge in [0.25, 0.3) is 10.0 Å². The maximum absolute atomic E-state index is 12.3. The average Bonchev–Trinajstić information content (AvgIpc) is 2.47. The Bertz CT molecular complexity index is 816. The van der Waals surface area contributed by atoms with Gasteiger partial charge in [-0.1, -0.05) is 12.1 Å². The van der Waals surface area contributed by atoms with E-state index in [1.165, 1.54) is 13.2 Å². The Labute approximate surface area is 126 Å². The van der Waals surface area contributed by atoms with Crippen LogP contribution in [0.5, 0.6) is 11.5 Å². The molecule has 0 saturated carbocycles. The van der Waals surface area contributed by atoms with Gasteiger partial charge in [0.05, 0.1) is 17.7 Å². The van der Waals surface area contributed by atoms with Crippen molar-refractivity contribution < 1.29 is 28.2 Å². The van der Waals surface area contributed by atoms with E-state index in [0.29, 0.717) is 5.75 Å². The number of hydrogen-bond acceptors (Lipinski definition) is 5. The Morgan fingerprint density at radius 1 is 1.18 bits per heavy atom. The molecule has 116 valence electrons. The van der Waals surface area contributed by atoms with Crippen molar-refractivity contribution in [3.05, 3.63) is 48.0 Å². The number of carboxylic acids is 1. The van der Waals surface area contributed by atoms with Crippen LogP contribution in [-0.4, -0.2) is 31.7 Å². The molecular weight excluding hydrogens is 310 g/mol. The van der Waals surface area contributed by atoms with Crippen molar-refractivity contribution in [1.82, 2.24) is 0 Å². The first kappa shape index (κ1) is 15.6. The van der Waals surface area contributed by atoms with E-state index in [4.69, 9.17) is 9.84 Å². The summed E-state index contributed by atoms with van der Waals surface area (Å²) >= 11 is 0. The standard InChI is InChI=1S/C14H13NO6S/c1-21-13-5-3-2-4-11(13)15-22(19,20)9-6-7-12(16)10(8-9)14(17)18/h2-8,15-16H,1H3,(H,17,18). The summed E-state index contributed by atoms with van der Waals surface area (Å²) in [5.41, 5.74) is -0.280. The summed E-state index contributed by atoms with van der Waals surface area (Å²) in [6.07, 6.45) is 0. The van der Waals surface area contributed by atoms with E-state index in [-0.39, 0.29) is 10.6 Å². The molecule has 22 heavy (non-hydrogen) atoms. The van der Waals surface area contributed by atoms with Crippen molar-refractivity contribution in [3.8, 4) is 11.5 Å². The van der Waals surface area contributed by atoms with E-state index in [1.807, 2.05) is 0 Å². The number of hydrogen-bond donors (Lipinski definition) is 3. The van der Waals surface area contributed by atoms with Gasteiger partial charge in [0.15, 0.2) is 0 Å². The van der Waals surface area contributed by atoms with E-state index >= 15 is 0 Å². The number of benzene rings is 2. The largest absolute Gasteiger partial charge is 0.507 e. The van der Waals surface area contributed by atoms with Crippen LogP contribution in [-0.2, 0) is 10.0 Å². The molecule has 0 atom stereocenters. The molecule has 0 aromatic heterocycles. The van der Waals surface area contributed by atoms with Gasteiger partial charge in [0.2, 0.25) is 0 Å². The van der Waals surface area contributed by atoms with Gasteiger partial charge >= 0.3 is 5.97 Å². The van der Waals surface area contributed by atoms with Gasteiger partial charge in [0.1, 0.15) is 17.1 Å². The van der Waals surface area contributed by atoms with Crippen molar-refractivity contribution in [3.63, 3.8) is 0 Å². The number of carbonyl (C=O) groups is 1. The summed E-state index contributed by atoms with van der Waals surface area (Å²) in [4.78, 5) is 10.7. The molecule has 0 saturated heterocycles. The smallest absolute Gasteiger partial charge is 0.339 e. The van der Waals surface area contributed by atoms with Crippen molar-refractivity contribution in [2.45, 2.75) is 4.90 Å². The molecule has 2 aromatic carbocycles. The highest BCUT2D eigenvalue weighted by atomic mass is 32.2. The van der Waals surface area contributed by atoms with Crippen LogP contribution in [0.2, 0.25) is 0 Å². The molecule has 0 aliphatic rings. The molecule has 0 aliphatic carbocycles. The van der Waals surface area contributed by atoms with Crippen LogP contribution in [0, 0.1) is 0 Å². The molecular formula is C14H13NO6S. The zero-order valence-corrected chi connectivity index (χ0v) is 12.3. The lowest BCUT2D eigenvalue weighted by Gasteiger charge is -2.12. The maximum Gasteiger partial charge on any atom is 0.339 e. The summed E-state index contributed by atoms with van der Waals surface area (Å²) in [6, 6.07) is 9.40. The molecule has 2 rings (SSSR count). The molecule has 0 fully saturated rings. The van der Waals surface area contributed by atoms with E-state index in [1.54, 1.807) is 18.2 Å². The normalized spacial score (nSPS) is 11.0. The number of aromatic hydroxyl groups is 1. The fourth-order valence-electron chi connectivity index (χ4n) is 1.79. The number of ether oxygens (including phenoxy) is 1. The number of nitrogens with one attached hydrogen (secondary N) is 1. The molecule has 0 heterocycles. The third-order valence-corrected chi connectivity index (χ3v) is 4.22. The van der Waals surface area contributed by atoms with Gasteiger partial charge in [0, 0.05) is 0 Å². The summed E-state index contributed by atoms with van der Waals surface area (Å²) < 4.78 is 32.0. The highest BCUT2D eigenvalue weighted by molar-refractivity contribution is 7.92. The molecule has 3 N–H and O–H groups in total. The van der Waals surface area contributed by atoms with Crippen LogP contribution >= 0.6 is 0 Å². The number of para-hydroxylation sites is 2. The molecule has 7 nitrogen and oxygen atoms in total. The predicted octanol–water partition coefficient (Wildman–Crippen LogP) is 1.90. The lowest BCUT2D eigenvalue weighted by molar-refractivity contribution is 0.0693. The Morgan fingerprint density at radius 2 is 1.86 bits per heavy atom. The number of methoxy groups -OCH3 is 1. The lowest BCUT2D eigenvalue weighted by atomic mass is 10.2. The van der Waals surface area contributed by atoms with Crippen LogP contribution in [0.15, 0.2) is 47.4 Å². The SMILES string of the molecule is COc1ccccc1NS(=O)(=O)c1ccc(O)c(C(=O)O)c1. The highest BCUT2D eigenvalue weighted by Crippen LogP contribution is 2.27. The first-order valence-corrected chi connectivity index (χ1v) is 7.55. The van der Waals surface area contributed by atoms with Crippen molar-refractivity contribution in [1.29, 1.82) is 0 Å². The van der Waals surface area contributed by atoms with E-state index in [2.05, 4.69) is 4.72 Å². The lowest BCUT2D eigenvalue weighted by Crippen LogP contribution is -2.14. The van der Waals surface area contributed by atoms with Gasteiger partial charge in [-0.3, -0.25) is 4.72 Å². The number of phenols is 1. The average molecular weight is 323 g/mol. The third-order valence-electron chi connectivity index (χ3n) is 2.86. The minimum absolute atomic E-state index is 0.218. The molecule has 2 aromatic rings. The van der Waals surface area contributed by atoms with E-state index in [0.717, 1.165) is 18.2 Å². The fourth-order valence-corrected chi connectivity index (χ4v) is 2.88. The van der Waals surface area contributed by atoms with Crippen LogP contribution in [0.3, 0.4) is 0 Å². The summed E-state index contributed by atoms with van der Waals surface area (Å²) in [5.74, 6) is -1.61. The number of carboxylic acid groups (broad SMARTS) is 1. The predicted molar refractivity (Wildman–Crippen MR) is 78.9 cm³/mol. The number of aromatic carboxylic acids is 1. The Kier molecular flexibility index (Phi) is 4.22. The van der Waals surface area contributed by atoms with Crippen molar-refractivity contribution in [2.24, 2.45) is 0 Å². The highest BCUT2D eigenvalue weighted by Gasteiger charge is 2.20. The van der Waals surface area contributed by atoms with E-state index in [9.17, 15) is 18.3 Å². The molecule has 8 heteroatoms. The Balaban J connectivity index is 2.43. The number of sulfonamides is 1. The molecule has 0 amide bonds. The second kappa shape index (κ2) is 5.94. The number of rotatable bonds is 5. The van der Waals surface area contributed by atoms with Gasteiger partial charge < -0.3 is 14.9 Å². The van der Waals surface area contributed by atoms with Gasteiger partial charge in [-0.05, 0) is 30.3 Å². The first-order valence-electron chi connectivity index (χ1n) is 6.07. The van der Waals surface area contributed by atoms with Crippen LogP contribution < -0.4 is 9.46 Å². The summed E-state index contributed by atoms with van der Waals surface area (Å²) in [6.45, 7) is 0. The topological polar surface area (TPSA) is 113 Å². The van der Waals surface area contributed by atoms with E-state index < -0.39 is 27.3 Å². The minimum Gasteiger partial charge on any atom is -0.507 e. The molecule has 0 aliphatic heterocycles. The maximum atomic E-state index is 12.3. The van der Waals surface area contributed by atoms with Crippen LogP contribution in [0.4, 0.5) is 5.69 Å². The zero-order valence-electron chi connectivity index (χ0n) is 11.5. The second-order valence-electron chi connectivity index (χ2n) is 4.29. The van der Waals surface area contributed by atoms with Gasteiger partial charge in [-0.2, -0.15) is 0 Å². The zero-order chi connectivity index (χ0) is 16.3. The first-order chi connectivity index (χ1) is 10.3. The summed E-state index contributed by atoms with van der Waals surface area (Å²) in [5, 5.41) is 18.4. The van der Waals surface area contributed by atoms with Crippen LogP contribution in [0.25, 0.3) is 0 Å². The summed E-state index contributed by atoms with van der Waals surface area (Å²) in [7, 11) is -2.62. The van der Waals surface area contributed by atoms with Gasteiger partial charge in [-0.15, -0.1) is 0 Å². The molecule has 0 unspecified atom stereocenters. The molecule has 0 spiro atoms. The molecule has 0 bridgehead atoms. The molecule has 0 radical (unpaired) electrons. The van der Waals surface area contributed by atoms with Crippen molar-refractivity contribution in [2.75, 3.05) is 11.8 Å². The Hall–Kier alpha value is -2.74. The quantitative estimate of drug-likeness (QED) is 0.774. The number of anilines is 1. The second-order valence-corrected chi connectivity index (χ2v) is 5.97. The monoisotopic (exact) mass is 323 g/mol. The minimum atomic E-state index is -4.02. The third kappa shape index (κ3) is 3.12. The Morgan fingerprint density at radius 3 is 2.50 bits per heavy atom. The van der Waals surface area contributed by atoms with Gasteiger partial charge in [-0.25, -0.2) is 13.2 Å².